The van der Waals surface area contributed by atoms with Crippen molar-refractivity contribution < 1.29 is 23.5 Å². The molecule has 2 aromatic rings. The molecule has 1 unspecified atom stereocenters. The normalized spacial score (nSPS) is 19.5. The maximum Gasteiger partial charge on any atom is 0.341 e. The fourth-order valence-electron chi connectivity index (χ4n) is 3.89. The quantitative estimate of drug-likeness (QED) is 0.798. The molecular formula is C22H18FN5O4. The summed E-state index contributed by atoms with van der Waals surface area (Å²) < 4.78 is 25.1. The molecule has 0 aliphatic carbocycles. The molecule has 0 bridgehead atoms. The highest BCUT2D eigenvalue weighted by Gasteiger charge is 2.39. The van der Waals surface area contributed by atoms with Crippen LogP contribution in [-0.2, 0) is 4.79 Å². The summed E-state index contributed by atoms with van der Waals surface area (Å²) >= 11 is 0. The van der Waals surface area contributed by atoms with Gasteiger partial charge in [0.05, 0.1) is 36.5 Å². The van der Waals surface area contributed by atoms with Crippen LogP contribution >= 0.6 is 0 Å². The molecule has 1 saturated heterocycles. The van der Waals surface area contributed by atoms with E-state index in [1.165, 1.54) is 11.1 Å². The van der Waals surface area contributed by atoms with Gasteiger partial charge in [-0.2, -0.15) is 10.4 Å². The standard InChI is InChI=1S/C22H18FN5O4/c23-15-6-13(9-24)5-14(7-15)19-3-4-25-28(19)22(30)27-10-17(11-27)32-16-1-2-20-18(8-16)26-21(29)12-31-20/h1-2,4-8,17,19H,3,10-12H2,(H,26,29). The number of urea groups is 1. The lowest BCUT2D eigenvalue weighted by atomic mass is 10.0. The van der Waals surface area contributed by atoms with E-state index in [1.54, 1.807) is 35.4 Å². The molecule has 5 rings (SSSR count). The van der Waals surface area contributed by atoms with Gasteiger partial charge in [-0.3, -0.25) is 4.79 Å². The summed E-state index contributed by atoms with van der Waals surface area (Å²) in [5.41, 5.74) is 1.27. The Kier molecular flexibility index (Phi) is 4.86. The van der Waals surface area contributed by atoms with Crippen molar-refractivity contribution in [3.8, 4) is 17.6 Å². The van der Waals surface area contributed by atoms with Crippen LogP contribution in [0, 0.1) is 17.1 Å². The van der Waals surface area contributed by atoms with Crippen molar-refractivity contribution in [1.29, 1.82) is 5.26 Å². The molecule has 0 spiro atoms. The molecule has 3 aliphatic heterocycles. The van der Waals surface area contributed by atoms with Gasteiger partial charge >= 0.3 is 6.03 Å². The zero-order valence-electron chi connectivity index (χ0n) is 16.8. The molecule has 10 heteroatoms. The molecule has 1 N–H and O–H groups in total. The lowest BCUT2D eigenvalue weighted by Gasteiger charge is -2.41. The number of nitrogens with one attached hydrogen (secondary N) is 1. The Balaban J connectivity index is 1.21. The van der Waals surface area contributed by atoms with Gasteiger partial charge in [0.1, 0.15) is 23.4 Å². The number of likely N-dealkylation sites (tertiary alicyclic amines) is 1. The van der Waals surface area contributed by atoms with Crippen molar-refractivity contribution in [2.45, 2.75) is 18.6 Å². The number of fused-ring (bicyclic) bond motifs is 1. The molecular weight excluding hydrogens is 417 g/mol. The minimum absolute atomic E-state index is 0.0136. The molecule has 0 radical (unpaired) electrons. The highest BCUT2D eigenvalue weighted by Crippen LogP contribution is 2.34. The average molecular weight is 435 g/mol. The number of benzene rings is 2. The lowest BCUT2D eigenvalue weighted by molar-refractivity contribution is -0.118. The highest BCUT2D eigenvalue weighted by atomic mass is 19.1. The zero-order valence-corrected chi connectivity index (χ0v) is 16.8. The van der Waals surface area contributed by atoms with Crippen LogP contribution in [0.5, 0.6) is 11.5 Å². The first-order valence-electron chi connectivity index (χ1n) is 10.0. The van der Waals surface area contributed by atoms with Gasteiger partial charge in [-0.25, -0.2) is 14.2 Å². The summed E-state index contributed by atoms with van der Waals surface area (Å²) in [6, 6.07) is 10.4. The zero-order chi connectivity index (χ0) is 22.2. The van der Waals surface area contributed by atoms with Crippen LogP contribution in [0.25, 0.3) is 0 Å². The summed E-state index contributed by atoms with van der Waals surface area (Å²) in [4.78, 5) is 26.0. The summed E-state index contributed by atoms with van der Waals surface area (Å²) in [5, 5.41) is 17.3. The van der Waals surface area contributed by atoms with Gasteiger partial charge in [0, 0.05) is 18.7 Å². The third-order valence-electron chi connectivity index (χ3n) is 5.47. The Morgan fingerprint density at radius 2 is 2.12 bits per heavy atom. The number of hydrogen-bond donors (Lipinski definition) is 1. The van der Waals surface area contributed by atoms with E-state index in [0.29, 0.717) is 42.3 Å². The molecule has 3 aliphatic rings. The molecule has 32 heavy (non-hydrogen) atoms. The number of amides is 3. The minimum atomic E-state index is -0.526. The Labute approximate surface area is 182 Å². The summed E-state index contributed by atoms with van der Waals surface area (Å²) in [5.74, 6) is 0.392. The van der Waals surface area contributed by atoms with Gasteiger partial charge in [0.2, 0.25) is 0 Å². The topological polar surface area (TPSA) is 107 Å². The van der Waals surface area contributed by atoms with E-state index in [0.717, 1.165) is 6.07 Å². The van der Waals surface area contributed by atoms with Gasteiger partial charge < -0.3 is 19.7 Å². The van der Waals surface area contributed by atoms with Gasteiger partial charge in [-0.1, -0.05) is 0 Å². The number of carbonyl (C=O) groups is 2. The Morgan fingerprint density at radius 1 is 1.28 bits per heavy atom. The largest absolute Gasteiger partial charge is 0.487 e. The van der Waals surface area contributed by atoms with Crippen LogP contribution < -0.4 is 14.8 Å². The number of ether oxygens (including phenoxy) is 2. The third kappa shape index (κ3) is 3.69. The van der Waals surface area contributed by atoms with E-state index in [4.69, 9.17) is 14.7 Å². The number of nitriles is 1. The Morgan fingerprint density at radius 3 is 2.94 bits per heavy atom. The molecule has 9 nitrogen and oxygen atoms in total. The first-order valence-corrected chi connectivity index (χ1v) is 10.0. The van der Waals surface area contributed by atoms with Gasteiger partial charge in [0.15, 0.2) is 6.61 Å². The highest BCUT2D eigenvalue weighted by molar-refractivity contribution is 5.95. The van der Waals surface area contributed by atoms with Crippen molar-refractivity contribution in [1.82, 2.24) is 9.91 Å². The molecule has 2 aromatic carbocycles. The third-order valence-corrected chi connectivity index (χ3v) is 5.47. The van der Waals surface area contributed by atoms with Crippen LogP contribution in [0.1, 0.15) is 23.6 Å². The van der Waals surface area contributed by atoms with Crippen molar-refractivity contribution in [2.24, 2.45) is 5.10 Å². The summed E-state index contributed by atoms with van der Waals surface area (Å²) in [7, 11) is 0. The molecule has 1 atom stereocenters. The predicted octanol–water partition coefficient (Wildman–Crippen LogP) is 2.64. The average Bonchev–Trinajstić information content (AvgIpc) is 3.25. The number of carbonyl (C=O) groups excluding carboxylic acids is 2. The SMILES string of the molecule is N#Cc1cc(F)cc(C2CC=NN2C(=O)N2CC(Oc3ccc4c(c3)NC(=O)CO4)C2)c1. The van der Waals surface area contributed by atoms with Crippen LogP contribution in [0.2, 0.25) is 0 Å². The van der Waals surface area contributed by atoms with Crippen molar-refractivity contribution in [3.05, 3.63) is 53.3 Å². The monoisotopic (exact) mass is 435 g/mol. The molecule has 0 aromatic heterocycles. The minimum Gasteiger partial charge on any atom is -0.487 e. The predicted molar refractivity (Wildman–Crippen MR) is 111 cm³/mol. The van der Waals surface area contributed by atoms with E-state index in [-0.39, 0.29) is 30.2 Å². The number of anilines is 1. The van der Waals surface area contributed by atoms with E-state index in [9.17, 15) is 14.0 Å². The summed E-state index contributed by atoms with van der Waals surface area (Å²) in [6.45, 7) is 0.717. The fraction of sp³-hybridized carbons (Fsp3) is 0.273. The van der Waals surface area contributed by atoms with E-state index in [1.807, 2.05) is 6.07 Å². The first-order chi connectivity index (χ1) is 15.5. The number of hydrogen-bond acceptors (Lipinski definition) is 6. The van der Waals surface area contributed by atoms with Crippen LogP contribution in [0.15, 0.2) is 41.5 Å². The smallest absolute Gasteiger partial charge is 0.341 e. The number of rotatable bonds is 3. The number of hydrazone groups is 1. The molecule has 1 fully saturated rings. The molecule has 0 saturated carbocycles. The van der Waals surface area contributed by atoms with E-state index in [2.05, 4.69) is 10.4 Å². The second-order valence-corrected chi connectivity index (χ2v) is 7.70. The van der Waals surface area contributed by atoms with Crippen LogP contribution in [0.4, 0.5) is 14.9 Å². The van der Waals surface area contributed by atoms with Gasteiger partial charge in [-0.05, 0) is 35.9 Å². The maximum absolute atomic E-state index is 13.9. The Bertz CT molecular complexity index is 1170. The van der Waals surface area contributed by atoms with Crippen molar-refractivity contribution >= 4 is 23.8 Å². The first kappa shape index (κ1) is 19.8. The molecule has 3 heterocycles. The molecule has 162 valence electrons. The molecule has 3 amide bonds. The number of nitrogens with zero attached hydrogens (tertiary/aromatic N) is 4. The van der Waals surface area contributed by atoms with Crippen LogP contribution in [0.3, 0.4) is 0 Å². The Hall–Kier alpha value is -4.13. The second-order valence-electron chi connectivity index (χ2n) is 7.70. The van der Waals surface area contributed by atoms with Crippen molar-refractivity contribution in [3.63, 3.8) is 0 Å². The van der Waals surface area contributed by atoms with Crippen LogP contribution in [-0.4, -0.2) is 53.9 Å². The maximum atomic E-state index is 13.9. The summed E-state index contributed by atoms with van der Waals surface area (Å²) in [6.07, 6.45) is 1.84. The van der Waals surface area contributed by atoms with Gasteiger partial charge in [0.25, 0.3) is 5.91 Å². The number of halogens is 1. The lowest BCUT2D eigenvalue weighted by Crippen LogP contribution is -2.58. The van der Waals surface area contributed by atoms with Crippen molar-refractivity contribution in [2.75, 3.05) is 25.0 Å². The second kappa shape index (κ2) is 7.85. The van der Waals surface area contributed by atoms with Gasteiger partial charge in [-0.15, -0.1) is 0 Å². The van der Waals surface area contributed by atoms with E-state index < -0.39 is 11.9 Å². The van der Waals surface area contributed by atoms with E-state index >= 15 is 0 Å². The fourth-order valence-corrected chi connectivity index (χ4v) is 3.89.